The largest absolute Gasteiger partial charge is 0.298 e. The third kappa shape index (κ3) is 2.63. The monoisotopic (exact) mass is 334 g/mol. The molecule has 0 radical (unpaired) electrons. The molecule has 1 aromatic heterocycles. The molecule has 0 saturated carbocycles. The van der Waals surface area contributed by atoms with Crippen LogP contribution in [-0.2, 0) is 0 Å². The van der Waals surface area contributed by atoms with Crippen molar-refractivity contribution in [3.8, 4) is 16.9 Å². The molecule has 0 fully saturated rings. The predicted molar refractivity (Wildman–Crippen MR) is 84.4 cm³/mol. The van der Waals surface area contributed by atoms with Crippen molar-refractivity contribution < 1.29 is 9.18 Å². The maximum absolute atomic E-state index is 13.7. The smallest absolute Gasteiger partial charge is 0.153 e. The number of aldehydes is 1. The molecule has 1 heterocycles. The normalized spacial score (nSPS) is 10.7. The lowest BCUT2D eigenvalue weighted by Crippen LogP contribution is -1.94. The van der Waals surface area contributed by atoms with Gasteiger partial charge in [-0.2, -0.15) is 5.10 Å². The molecular formula is C16H9Cl2FN2O. The lowest BCUT2D eigenvalue weighted by molar-refractivity contribution is 0.112. The first-order chi connectivity index (χ1) is 10.6. The van der Waals surface area contributed by atoms with E-state index in [1.807, 2.05) is 30.3 Å². The predicted octanol–water partition coefficient (Wildman–Crippen LogP) is 4.80. The molecule has 3 nitrogen and oxygen atoms in total. The molecule has 0 bridgehead atoms. The van der Waals surface area contributed by atoms with Crippen LogP contribution in [0.1, 0.15) is 10.4 Å². The zero-order valence-corrected chi connectivity index (χ0v) is 12.6. The average molecular weight is 335 g/mol. The van der Waals surface area contributed by atoms with Crippen molar-refractivity contribution in [3.63, 3.8) is 0 Å². The maximum Gasteiger partial charge on any atom is 0.153 e. The quantitative estimate of drug-likeness (QED) is 0.509. The van der Waals surface area contributed by atoms with Gasteiger partial charge in [-0.1, -0.05) is 41.4 Å². The van der Waals surface area contributed by atoms with Gasteiger partial charge in [0.15, 0.2) is 6.29 Å². The van der Waals surface area contributed by atoms with E-state index in [4.69, 9.17) is 23.2 Å². The molecule has 0 aliphatic heterocycles. The minimum atomic E-state index is -0.618. The first-order valence-corrected chi connectivity index (χ1v) is 7.11. The van der Waals surface area contributed by atoms with E-state index in [9.17, 15) is 9.18 Å². The number of carbonyl (C=O) groups excluding carboxylic acids is 1. The van der Waals surface area contributed by atoms with Gasteiger partial charge in [-0.3, -0.25) is 4.79 Å². The van der Waals surface area contributed by atoms with Crippen LogP contribution in [0, 0.1) is 5.82 Å². The van der Waals surface area contributed by atoms with Crippen molar-refractivity contribution in [1.82, 2.24) is 9.78 Å². The van der Waals surface area contributed by atoms with Gasteiger partial charge in [-0.15, -0.1) is 0 Å². The summed E-state index contributed by atoms with van der Waals surface area (Å²) < 4.78 is 15.2. The molecule has 0 N–H and O–H groups in total. The Morgan fingerprint density at radius 2 is 1.82 bits per heavy atom. The van der Waals surface area contributed by atoms with Crippen LogP contribution in [0.3, 0.4) is 0 Å². The van der Waals surface area contributed by atoms with Crippen molar-refractivity contribution in [2.75, 3.05) is 0 Å². The van der Waals surface area contributed by atoms with Crippen LogP contribution in [0.15, 0.2) is 48.7 Å². The van der Waals surface area contributed by atoms with Crippen LogP contribution in [0.2, 0.25) is 10.0 Å². The van der Waals surface area contributed by atoms with Gasteiger partial charge in [0.2, 0.25) is 0 Å². The van der Waals surface area contributed by atoms with E-state index in [2.05, 4.69) is 5.10 Å². The standard InChI is InChI=1S/C16H9Cl2FN2O/c17-13-7-14(18)15(19)6-12(13)16-10(9-22)8-21(20-16)11-4-2-1-3-5-11/h1-9H. The topological polar surface area (TPSA) is 34.9 Å². The summed E-state index contributed by atoms with van der Waals surface area (Å²) in [6, 6.07) is 11.7. The summed E-state index contributed by atoms with van der Waals surface area (Å²) in [5.74, 6) is -0.618. The molecule has 0 saturated heterocycles. The second-order valence-electron chi connectivity index (χ2n) is 4.58. The van der Waals surface area contributed by atoms with Crippen molar-refractivity contribution in [3.05, 3.63) is 70.1 Å². The highest BCUT2D eigenvalue weighted by molar-refractivity contribution is 6.36. The summed E-state index contributed by atoms with van der Waals surface area (Å²) in [6.07, 6.45) is 2.23. The fourth-order valence-corrected chi connectivity index (χ4v) is 2.57. The molecule has 0 spiro atoms. The van der Waals surface area contributed by atoms with Crippen molar-refractivity contribution in [2.45, 2.75) is 0 Å². The van der Waals surface area contributed by atoms with Crippen LogP contribution < -0.4 is 0 Å². The number of para-hydroxylation sites is 1. The summed E-state index contributed by atoms with van der Waals surface area (Å²) in [5, 5.41) is 4.49. The fourth-order valence-electron chi connectivity index (χ4n) is 2.10. The van der Waals surface area contributed by atoms with Crippen molar-refractivity contribution in [1.29, 1.82) is 0 Å². The number of aromatic nitrogens is 2. The molecule has 22 heavy (non-hydrogen) atoms. The summed E-state index contributed by atoms with van der Waals surface area (Å²) in [4.78, 5) is 11.3. The Morgan fingerprint density at radius 3 is 2.50 bits per heavy atom. The number of carbonyl (C=O) groups is 1. The highest BCUT2D eigenvalue weighted by Gasteiger charge is 2.16. The van der Waals surface area contributed by atoms with E-state index in [0.29, 0.717) is 23.1 Å². The Morgan fingerprint density at radius 1 is 1.09 bits per heavy atom. The lowest BCUT2D eigenvalue weighted by Gasteiger charge is -2.04. The summed E-state index contributed by atoms with van der Waals surface area (Å²) in [5.41, 5.74) is 1.72. The SMILES string of the molecule is O=Cc1cn(-c2ccccc2)nc1-c1cc(F)c(Cl)cc1Cl. The molecule has 110 valence electrons. The fraction of sp³-hybridized carbons (Fsp3) is 0. The van der Waals surface area contributed by atoms with Crippen LogP contribution in [0.25, 0.3) is 16.9 Å². The number of rotatable bonds is 3. The van der Waals surface area contributed by atoms with Crippen LogP contribution >= 0.6 is 23.2 Å². The number of hydrogen-bond donors (Lipinski definition) is 0. The molecule has 0 atom stereocenters. The zero-order valence-electron chi connectivity index (χ0n) is 11.1. The van der Waals surface area contributed by atoms with Crippen molar-refractivity contribution in [2.24, 2.45) is 0 Å². The molecule has 0 amide bonds. The van der Waals surface area contributed by atoms with E-state index in [1.165, 1.54) is 12.1 Å². The van der Waals surface area contributed by atoms with Gasteiger partial charge in [-0.25, -0.2) is 9.07 Å². The Kier molecular flexibility index (Phi) is 3.96. The second kappa shape index (κ2) is 5.91. The van der Waals surface area contributed by atoms with Gasteiger partial charge in [0.05, 0.1) is 21.3 Å². The molecule has 3 rings (SSSR count). The van der Waals surface area contributed by atoms with E-state index in [1.54, 1.807) is 10.9 Å². The summed E-state index contributed by atoms with van der Waals surface area (Å²) in [6.45, 7) is 0. The lowest BCUT2D eigenvalue weighted by atomic mass is 10.1. The third-order valence-electron chi connectivity index (χ3n) is 3.16. The number of nitrogens with zero attached hydrogens (tertiary/aromatic N) is 2. The minimum Gasteiger partial charge on any atom is -0.298 e. The van der Waals surface area contributed by atoms with E-state index in [0.717, 1.165) is 5.69 Å². The van der Waals surface area contributed by atoms with Gasteiger partial charge in [0.25, 0.3) is 0 Å². The summed E-state index contributed by atoms with van der Waals surface area (Å²) in [7, 11) is 0. The number of halogens is 3. The van der Waals surface area contributed by atoms with E-state index >= 15 is 0 Å². The molecule has 2 aromatic carbocycles. The third-order valence-corrected chi connectivity index (χ3v) is 3.76. The molecule has 3 aromatic rings. The van der Waals surface area contributed by atoms with E-state index < -0.39 is 5.82 Å². The highest BCUT2D eigenvalue weighted by Crippen LogP contribution is 2.33. The second-order valence-corrected chi connectivity index (χ2v) is 5.39. The minimum absolute atomic E-state index is 0.0797. The van der Waals surface area contributed by atoms with Crippen molar-refractivity contribution >= 4 is 29.5 Å². The van der Waals surface area contributed by atoms with Gasteiger partial charge < -0.3 is 0 Å². The molecule has 0 aliphatic carbocycles. The molecule has 6 heteroatoms. The van der Waals surface area contributed by atoms with Gasteiger partial charge in [-0.05, 0) is 24.3 Å². The Hall–Kier alpha value is -2.17. The number of hydrogen-bond acceptors (Lipinski definition) is 2. The van der Waals surface area contributed by atoms with Gasteiger partial charge >= 0.3 is 0 Å². The van der Waals surface area contributed by atoms with Crippen LogP contribution in [0.4, 0.5) is 4.39 Å². The Balaban J connectivity index is 2.18. The van der Waals surface area contributed by atoms with Gasteiger partial charge in [0.1, 0.15) is 11.5 Å². The zero-order chi connectivity index (χ0) is 15.7. The maximum atomic E-state index is 13.7. The Labute approximate surface area is 135 Å². The molecule has 0 aliphatic rings. The molecular weight excluding hydrogens is 326 g/mol. The van der Waals surface area contributed by atoms with E-state index in [-0.39, 0.29) is 10.0 Å². The number of benzene rings is 2. The average Bonchev–Trinajstić information content (AvgIpc) is 2.96. The van der Waals surface area contributed by atoms with Crippen LogP contribution in [0.5, 0.6) is 0 Å². The Bertz CT molecular complexity index is 847. The highest BCUT2D eigenvalue weighted by atomic mass is 35.5. The summed E-state index contributed by atoms with van der Waals surface area (Å²) >= 11 is 11.8. The first kappa shape index (κ1) is 14.8. The van der Waals surface area contributed by atoms with Gasteiger partial charge in [0, 0.05) is 11.8 Å². The first-order valence-electron chi connectivity index (χ1n) is 6.35. The van der Waals surface area contributed by atoms with Crippen LogP contribution in [-0.4, -0.2) is 16.1 Å². The molecule has 0 unspecified atom stereocenters.